The van der Waals surface area contributed by atoms with Crippen LogP contribution in [0.4, 0.5) is 4.79 Å². The van der Waals surface area contributed by atoms with Crippen LogP contribution in [-0.4, -0.2) is 49.4 Å². The lowest BCUT2D eigenvalue weighted by Gasteiger charge is -2.19. The number of carbonyl (C=O) groups is 4. The molecule has 1 aromatic rings. The molecule has 10 heteroatoms. The van der Waals surface area contributed by atoms with E-state index in [4.69, 9.17) is 29.4 Å². The van der Waals surface area contributed by atoms with Crippen molar-refractivity contribution in [2.45, 2.75) is 99.6 Å². The first kappa shape index (κ1) is 34.9. The first-order valence-electron chi connectivity index (χ1n) is 13.9. The molecule has 10 nitrogen and oxygen atoms in total. The van der Waals surface area contributed by atoms with E-state index in [1.165, 1.54) is 12.1 Å². The summed E-state index contributed by atoms with van der Waals surface area (Å²) in [5.41, 5.74) is 6.44. The molecule has 1 aromatic carbocycles. The Morgan fingerprint density at radius 3 is 1.90 bits per heavy atom. The van der Waals surface area contributed by atoms with E-state index in [0.29, 0.717) is 30.2 Å². The van der Waals surface area contributed by atoms with Crippen LogP contribution < -0.4 is 15.2 Å². The quantitative estimate of drug-likeness (QED) is 0.218. The molecule has 0 spiro atoms. The van der Waals surface area contributed by atoms with Crippen LogP contribution in [0.25, 0.3) is 0 Å². The fourth-order valence-electron chi connectivity index (χ4n) is 3.16. The number of carbonyl (C=O) groups excluding carboxylic acids is 4. The highest BCUT2D eigenvalue weighted by atomic mass is 16.7. The Balaban J connectivity index is 2.82. The number of nitrogens with two attached hydrogens (primary N) is 1. The maximum atomic E-state index is 12.5. The van der Waals surface area contributed by atoms with Gasteiger partial charge in [0.2, 0.25) is 0 Å². The molecule has 0 heterocycles. The van der Waals surface area contributed by atoms with Gasteiger partial charge in [0.15, 0.2) is 11.5 Å². The van der Waals surface area contributed by atoms with E-state index < -0.39 is 36.2 Å². The molecule has 0 bridgehead atoms. The topological polar surface area (TPSA) is 140 Å². The molecule has 0 amide bonds. The number of esters is 3. The van der Waals surface area contributed by atoms with E-state index in [2.05, 4.69) is 0 Å². The van der Waals surface area contributed by atoms with E-state index in [1.807, 2.05) is 48.5 Å². The van der Waals surface area contributed by atoms with Gasteiger partial charge in [-0.3, -0.25) is 14.4 Å². The molecule has 40 heavy (non-hydrogen) atoms. The smallest absolute Gasteiger partial charge is 0.458 e. The minimum atomic E-state index is -1.04. The number of rotatable bonds is 15. The van der Waals surface area contributed by atoms with Crippen LogP contribution in [0, 0.1) is 17.3 Å². The molecular weight excluding hydrogens is 518 g/mol. The average Bonchev–Trinajstić information content (AvgIpc) is 2.84. The summed E-state index contributed by atoms with van der Waals surface area (Å²) in [4.78, 5) is 49.0. The summed E-state index contributed by atoms with van der Waals surface area (Å²) in [6.45, 7) is 15.3. The minimum Gasteiger partial charge on any atom is -0.458 e. The summed E-state index contributed by atoms with van der Waals surface area (Å²) < 4.78 is 26.3. The fourth-order valence-corrected chi connectivity index (χ4v) is 3.16. The van der Waals surface area contributed by atoms with E-state index >= 15 is 0 Å². The maximum Gasteiger partial charge on any atom is 0.508 e. The second-order valence-corrected chi connectivity index (χ2v) is 12.1. The number of ether oxygens (including phenoxy) is 5. The Hall–Kier alpha value is -3.14. The van der Waals surface area contributed by atoms with Crippen molar-refractivity contribution in [2.24, 2.45) is 23.0 Å². The highest BCUT2D eigenvalue weighted by Crippen LogP contribution is 2.30. The summed E-state index contributed by atoms with van der Waals surface area (Å²) in [6, 6.07) is 3.65. The summed E-state index contributed by atoms with van der Waals surface area (Å²) in [7, 11) is 0. The SMILES string of the molecule is CC(C)CCC(=O)Oc1ccc(C[C@H](N)C(=O)O[C@@H](C)COC(=O)OCC(C)(C)C)cc1OC(=O)CCC(C)C. The zero-order valence-corrected chi connectivity index (χ0v) is 25.2. The first-order chi connectivity index (χ1) is 18.6. The molecule has 1 rings (SSSR count). The van der Waals surface area contributed by atoms with E-state index in [-0.39, 0.29) is 49.4 Å². The summed E-state index contributed by atoms with van der Waals surface area (Å²) in [5.74, 6) is -0.724. The van der Waals surface area contributed by atoms with Crippen LogP contribution in [0.2, 0.25) is 0 Å². The zero-order valence-electron chi connectivity index (χ0n) is 25.2. The summed E-state index contributed by atoms with van der Waals surface area (Å²) in [6.07, 6.45) is 0.227. The minimum absolute atomic E-state index is 0.0676. The van der Waals surface area contributed by atoms with Gasteiger partial charge in [0, 0.05) is 12.8 Å². The lowest BCUT2D eigenvalue weighted by atomic mass is 9.99. The molecule has 0 unspecified atom stereocenters. The number of hydrogen-bond donors (Lipinski definition) is 1. The molecule has 0 aliphatic rings. The average molecular weight is 566 g/mol. The molecule has 0 saturated carbocycles. The first-order valence-corrected chi connectivity index (χ1v) is 13.9. The van der Waals surface area contributed by atoms with Gasteiger partial charge in [0.25, 0.3) is 0 Å². The monoisotopic (exact) mass is 565 g/mol. The predicted molar refractivity (Wildman–Crippen MR) is 150 cm³/mol. The molecule has 0 aliphatic heterocycles. The van der Waals surface area contributed by atoms with Crippen molar-refractivity contribution >= 4 is 24.1 Å². The lowest BCUT2D eigenvalue weighted by Crippen LogP contribution is -2.37. The molecule has 0 aliphatic carbocycles. The van der Waals surface area contributed by atoms with Crippen molar-refractivity contribution in [1.82, 2.24) is 0 Å². The lowest BCUT2D eigenvalue weighted by molar-refractivity contribution is -0.152. The third-order valence-electron chi connectivity index (χ3n) is 5.44. The molecule has 2 N–H and O–H groups in total. The second-order valence-electron chi connectivity index (χ2n) is 12.1. The number of benzene rings is 1. The molecule has 226 valence electrons. The third kappa shape index (κ3) is 15.5. The molecule has 2 atom stereocenters. The molecule has 0 aromatic heterocycles. The Bertz CT molecular complexity index is 982. The van der Waals surface area contributed by atoms with Gasteiger partial charge in [-0.25, -0.2) is 4.79 Å². The van der Waals surface area contributed by atoms with Crippen molar-refractivity contribution in [3.8, 4) is 11.5 Å². The van der Waals surface area contributed by atoms with Gasteiger partial charge in [-0.05, 0) is 61.1 Å². The normalized spacial score (nSPS) is 13.0. The fraction of sp³-hybridized carbons (Fsp3) is 0.667. The van der Waals surface area contributed by atoms with Gasteiger partial charge in [0.05, 0.1) is 6.61 Å². The van der Waals surface area contributed by atoms with Gasteiger partial charge in [-0.15, -0.1) is 0 Å². The maximum absolute atomic E-state index is 12.5. The summed E-state index contributed by atoms with van der Waals surface area (Å²) >= 11 is 0. The van der Waals surface area contributed by atoms with E-state index in [9.17, 15) is 19.2 Å². The standard InChI is InChI=1S/C30H47NO9/c1-19(2)9-13-26(32)39-24-12-11-22(16-25(24)40-27(33)14-10-20(3)4)15-23(31)28(34)38-21(5)17-36-29(35)37-18-30(6,7)8/h11-12,16,19-21,23H,9-10,13-15,17-18,31H2,1-8H3/t21-,23-/m0/s1. The van der Waals surface area contributed by atoms with Gasteiger partial charge in [-0.2, -0.15) is 0 Å². The third-order valence-corrected chi connectivity index (χ3v) is 5.44. The molecule has 0 saturated heterocycles. The van der Waals surface area contributed by atoms with Crippen LogP contribution in [0.5, 0.6) is 11.5 Å². The Morgan fingerprint density at radius 2 is 1.38 bits per heavy atom. The Labute approximate surface area is 238 Å². The highest BCUT2D eigenvalue weighted by molar-refractivity contribution is 5.77. The van der Waals surface area contributed by atoms with Gasteiger partial charge in [-0.1, -0.05) is 54.5 Å². The van der Waals surface area contributed by atoms with E-state index in [0.717, 1.165) is 0 Å². The Morgan fingerprint density at radius 1 is 0.825 bits per heavy atom. The predicted octanol–water partition coefficient (Wildman–Crippen LogP) is 5.37. The van der Waals surface area contributed by atoms with Crippen LogP contribution in [0.3, 0.4) is 0 Å². The van der Waals surface area contributed by atoms with Crippen LogP contribution in [0.1, 0.15) is 86.6 Å². The van der Waals surface area contributed by atoms with Gasteiger partial charge < -0.3 is 29.4 Å². The van der Waals surface area contributed by atoms with E-state index in [1.54, 1.807) is 13.0 Å². The zero-order chi connectivity index (χ0) is 30.5. The van der Waals surface area contributed by atoms with Crippen molar-refractivity contribution in [1.29, 1.82) is 0 Å². The van der Waals surface area contributed by atoms with Crippen LogP contribution in [-0.2, 0) is 35.0 Å². The Kier molecular flexibility index (Phi) is 14.7. The molecule has 0 radical (unpaired) electrons. The molecule has 0 fully saturated rings. The molecular formula is C30H47NO9. The largest absolute Gasteiger partial charge is 0.508 e. The highest BCUT2D eigenvalue weighted by Gasteiger charge is 2.22. The van der Waals surface area contributed by atoms with Crippen molar-refractivity contribution in [3.05, 3.63) is 23.8 Å². The van der Waals surface area contributed by atoms with Crippen LogP contribution in [0.15, 0.2) is 18.2 Å². The number of hydrogen-bond acceptors (Lipinski definition) is 10. The van der Waals surface area contributed by atoms with Crippen LogP contribution >= 0.6 is 0 Å². The van der Waals surface area contributed by atoms with Gasteiger partial charge in [0.1, 0.15) is 18.8 Å². The van der Waals surface area contributed by atoms with Crippen molar-refractivity contribution in [2.75, 3.05) is 13.2 Å². The second kappa shape index (κ2) is 16.8. The summed E-state index contributed by atoms with van der Waals surface area (Å²) in [5, 5.41) is 0. The van der Waals surface area contributed by atoms with Gasteiger partial charge >= 0.3 is 24.1 Å². The van der Waals surface area contributed by atoms with Crippen molar-refractivity contribution in [3.63, 3.8) is 0 Å². The van der Waals surface area contributed by atoms with Crippen molar-refractivity contribution < 1.29 is 42.9 Å².